The van der Waals surface area contributed by atoms with Gasteiger partial charge >= 0.3 is 0 Å². The van der Waals surface area contributed by atoms with Gasteiger partial charge in [-0.2, -0.15) is 0 Å². The summed E-state index contributed by atoms with van der Waals surface area (Å²) >= 11 is 0. The fourth-order valence-corrected chi connectivity index (χ4v) is 7.97. The summed E-state index contributed by atoms with van der Waals surface area (Å²) in [6.45, 7) is 13.3. The average Bonchev–Trinajstić information content (AvgIpc) is 2.69. The van der Waals surface area contributed by atoms with E-state index in [1.54, 1.807) is 6.08 Å². The summed E-state index contributed by atoms with van der Waals surface area (Å²) < 4.78 is 0. The smallest absolute Gasteiger partial charge is 0.220 e. The molecule has 5 aliphatic rings. The SMILES string of the molecule is CC1=C2C3=CC=C4C(=CC(=O)C(O)=C4C)[C@]3(C)CC[C@@]2(C)[C@@H]2C[C@@H](C)C(=O)C[C@]2(C)C1. The Morgan fingerprint density at radius 2 is 1.71 bits per heavy atom. The molecule has 0 bridgehead atoms. The molecule has 0 unspecified atom stereocenters. The zero-order chi connectivity index (χ0) is 22.5. The molecule has 0 aromatic rings. The molecule has 0 spiro atoms. The van der Waals surface area contributed by atoms with Crippen LogP contribution in [0.2, 0.25) is 0 Å². The Balaban J connectivity index is 1.70. The molecule has 2 saturated carbocycles. The Bertz CT molecular complexity index is 1090. The van der Waals surface area contributed by atoms with Crippen molar-refractivity contribution in [2.75, 3.05) is 0 Å². The monoisotopic (exact) mass is 418 g/mol. The largest absolute Gasteiger partial charge is 0.504 e. The summed E-state index contributed by atoms with van der Waals surface area (Å²) in [7, 11) is 0. The lowest BCUT2D eigenvalue weighted by molar-refractivity contribution is -0.134. The predicted molar refractivity (Wildman–Crippen MR) is 122 cm³/mol. The number of hydrogen-bond acceptors (Lipinski definition) is 3. The first-order valence-electron chi connectivity index (χ1n) is 11.8. The van der Waals surface area contributed by atoms with Crippen LogP contribution in [0.5, 0.6) is 0 Å². The Morgan fingerprint density at radius 3 is 2.42 bits per heavy atom. The highest BCUT2D eigenvalue weighted by molar-refractivity contribution is 6.06. The van der Waals surface area contributed by atoms with E-state index in [-0.39, 0.29) is 33.7 Å². The Labute approximate surface area is 185 Å². The third-order valence-corrected chi connectivity index (χ3v) is 9.57. The quantitative estimate of drug-likeness (QED) is 0.499. The van der Waals surface area contributed by atoms with Gasteiger partial charge in [-0.25, -0.2) is 0 Å². The number of aliphatic hydroxyl groups is 1. The number of Topliss-reactive ketones (excluding diaryl/α,β-unsaturated/α-hetero) is 1. The van der Waals surface area contributed by atoms with E-state index in [0.29, 0.717) is 23.7 Å². The second-order valence-electron chi connectivity index (χ2n) is 11.6. The molecule has 0 heterocycles. The molecule has 0 aromatic carbocycles. The van der Waals surface area contributed by atoms with Crippen molar-refractivity contribution in [3.63, 3.8) is 0 Å². The molecule has 3 nitrogen and oxygen atoms in total. The van der Waals surface area contributed by atoms with Crippen LogP contribution in [0.4, 0.5) is 0 Å². The van der Waals surface area contributed by atoms with Crippen LogP contribution in [0.25, 0.3) is 0 Å². The Hall–Kier alpha value is -2.16. The van der Waals surface area contributed by atoms with Crippen molar-refractivity contribution in [3.05, 3.63) is 57.4 Å². The zero-order valence-electron chi connectivity index (χ0n) is 19.7. The van der Waals surface area contributed by atoms with Gasteiger partial charge in [-0.05, 0) is 84.6 Å². The maximum Gasteiger partial charge on any atom is 0.220 e. The van der Waals surface area contributed by atoms with Crippen molar-refractivity contribution in [1.29, 1.82) is 0 Å². The average molecular weight is 419 g/mol. The molecule has 164 valence electrons. The van der Waals surface area contributed by atoms with E-state index in [9.17, 15) is 14.7 Å². The van der Waals surface area contributed by atoms with Crippen LogP contribution in [-0.4, -0.2) is 16.7 Å². The molecule has 0 saturated heterocycles. The van der Waals surface area contributed by atoms with Crippen molar-refractivity contribution in [1.82, 2.24) is 0 Å². The van der Waals surface area contributed by atoms with E-state index in [1.165, 1.54) is 16.7 Å². The molecule has 0 radical (unpaired) electrons. The van der Waals surface area contributed by atoms with Crippen molar-refractivity contribution < 1.29 is 14.7 Å². The molecule has 5 atom stereocenters. The standard InChI is InChI=1S/C28H34O3/c1-15-11-23-26(4,14-22(15)30)13-16(2)24-19-8-7-18-17(3)25(31)21(29)12-20(18)27(19,5)9-10-28(23,24)6/h7-8,12,15,23,31H,9-11,13-14H2,1-6H3/t15-,23-,26+,27-,28+/m1/s1. The van der Waals surface area contributed by atoms with Gasteiger partial charge in [0.2, 0.25) is 5.78 Å². The molecule has 1 N–H and O–H groups in total. The number of allylic oxidation sites excluding steroid dienone is 9. The highest BCUT2D eigenvalue weighted by Crippen LogP contribution is 2.69. The lowest BCUT2D eigenvalue weighted by Crippen LogP contribution is -2.53. The zero-order valence-corrected chi connectivity index (χ0v) is 19.7. The van der Waals surface area contributed by atoms with E-state index < -0.39 is 0 Å². The van der Waals surface area contributed by atoms with Gasteiger partial charge in [0, 0.05) is 23.3 Å². The molecule has 5 rings (SSSR count). The third-order valence-electron chi connectivity index (χ3n) is 9.57. The summed E-state index contributed by atoms with van der Waals surface area (Å²) in [5, 5.41) is 10.2. The normalized spacial score (nSPS) is 42.2. The number of carbonyl (C=O) groups excluding carboxylic acids is 2. The van der Waals surface area contributed by atoms with E-state index in [2.05, 4.69) is 46.8 Å². The minimum absolute atomic E-state index is 0.0427. The van der Waals surface area contributed by atoms with Crippen LogP contribution in [0.3, 0.4) is 0 Å². The molecule has 5 aliphatic carbocycles. The van der Waals surface area contributed by atoms with Gasteiger partial charge in [-0.1, -0.05) is 45.4 Å². The molecule has 0 aromatic heterocycles. The number of fused-ring (bicyclic) bond motifs is 7. The fourth-order valence-electron chi connectivity index (χ4n) is 7.97. The van der Waals surface area contributed by atoms with Crippen LogP contribution < -0.4 is 0 Å². The number of aliphatic hydroxyl groups excluding tert-OH is 1. The number of rotatable bonds is 0. The number of hydrogen-bond donors (Lipinski definition) is 1. The maximum atomic E-state index is 12.7. The van der Waals surface area contributed by atoms with Crippen molar-refractivity contribution >= 4 is 11.6 Å². The van der Waals surface area contributed by atoms with Gasteiger partial charge in [-0.15, -0.1) is 0 Å². The van der Waals surface area contributed by atoms with Gasteiger partial charge in [0.1, 0.15) is 5.78 Å². The topological polar surface area (TPSA) is 54.4 Å². The van der Waals surface area contributed by atoms with Crippen molar-refractivity contribution in [2.24, 2.45) is 28.1 Å². The maximum absolute atomic E-state index is 12.7. The summed E-state index contributed by atoms with van der Waals surface area (Å²) in [5.41, 5.74) is 6.87. The third kappa shape index (κ3) is 2.52. The molecular formula is C28H34O3. The molecule has 0 amide bonds. The molecular weight excluding hydrogens is 384 g/mol. The highest BCUT2D eigenvalue weighted by Gasteiger charge is 2.60. The fraction of sp³-hybridized carbons (Fsp3) is 0.571. The lowest BCUT2D eigenvalue weighted by Gasteiger charge is -2.61. The first-order chi connectivity index (χ1) is 14.4. The van der Waals surface area contributed by atoms with E-state index in [4.69, 9.17) is 0 Å². The van der Waals surface area contributed by atoms with Crippen LogP contribution in [-0.2, 0) is 9.59 Å². The predicted octanol–water partition coefficient (Wildman–Crippen LogP) is 6.34. The summed E-state index contributed by atoms with van der Waals surface area (Å²) in [6.07, 6.45) is 10.7. The van der Waals surface area contributed by atoms with Gasteiger partial charge in [-0.3, -0.25) is 9.59 Å². The molecule has 31 heavy (non-hydrogen) atoms. The number of ketones is 2. The summed E-state index contributed by atoms with van der Waals surface area (Å²) in [6, 6.07) is 0. The van der Waals surface area contributed by atoms with E-state index in [1.807, 2.05) is 6.92 Å². The van der Waals surface area contributed by atoms with Gasteiger partial charge in [0.25, 0.3) is 0 Å². The first-order valence-corrected chi connectivity index (χ1v) is 11.8. The molecule has 2 fully saturated rings. The van der Waals surface area contributed by atoms with Crippen LogP contribution in [0.15, 0.2) is 57.4 Å². The molecule has 3 heteroatoms. The van der Waals surface area contributed by atoms with Gasteiger partial charge in [0.05, 0.1) is 0 Å². The number of carbonyl (C=O) groups is 2. The second-order valence-corrected chi connectivity index (χ2v) is 11.6. The Morgan fingerprint density at radius 1 is 1.00 bits per heavy atom. The first kappa shape index (κ1) is 20.7. The van der Waals surface area contributed by atoms with E-state index in [0.717, 1.165) is 36.8 Å². The Kier molecular flexibility index (Phi) is 4.15. The summed E-state index contributed by atoms with van der Waals surface area (Å²) in [5.74, 6) is 0.665. The van der Waals surface area contributed by atoms with Crippen LogP contribution >= 0.6 is 0 Å². The van der Waals surface area contributed by atoms with Crippen molar-refractivity contribution in [3.8, 4) is 0 Å². The van der Waals surface area contributed by atoms with Crippen molar-refractivity contribution in [2.45, 2.75) is 73.6 Å². The highest BCUT2D eigenvalue weighted by atomic mass is 16.3. The van der Waals surface area contributed by atoms with E-state index >= 15 is 0 Å². The summed E-state index contributed by atoms with van der Waals surface area (Å²) in [4.78, 5) is 25.2. The lowest BCUT2D eigenvalue weighted by atomic mass is 9.42. The minimum Gasteiger partial charge on any atom is -0.504 e. The van der Waals surface area contributed by atoms with Gasteiger partial charge in [0.15, 0.2) is 5.76 Å². The minimum atomic E-state index is -0.276. The van der Waals surface area contributed by atoms with Crippen LogP contribution in [0.1, 0.15) is 73.6 Å². The molecule has 0 aliphatic heterocycles. The van der Waals surface area contributed by atoms with Crippen LogP contribution in [0, 0.1) is 28.1 Å². The second kappa shape index (κ2) is 6.21. The van der Waals surface area contributed by atoms with Gasteiger partial charge < -0.3 is 5.11 Å².